The van der Waals surface area contributed by atoms with E-state index in [0.29, 0.717) is 0 Å². The summed E-state index contributed by atoms with van der Waals surface area (Å²) in [5.74, 6) is 0.830. The average molecular weight is 212 g/mol. The number of unbranched alkanes of at least 4 members (excludes halogenated alkanes) is 1. The predicted molar refractivity (Wildman–Crippen MR) is 62.8 cm³/mol. The van der Waals surface area contributed by atoms with E-state index in [4.69, 9.17) is 0 Å². The first kappa shape index (κ1) is 12.5. The van der Waals surface area contributed by atoms with Crippen LogP contribution < -0.4 is 0 Å². The molecule has 3 nitrogen and oxygen atoms in total. The highest BCUT2D eigenvalue weighted by atomic mass is 16.1. The van der Waals surface area contributed by atoms with Crippen LogP contribution in [0.4, 0.5) is 0 Å². The van der Waals surface area contributed by atoms with Gasteiger partial charge in [0.05, 0.1) is 0 Å². The normalized spacial score (nSPS) is 18.5. The summed E-state index contributed by atoms with van der Waals surface area (Å²) in [7, 11) is 0. The first-order valence-corrected chi connectivity index (χ1v) is 6.14. The second-order valence-corrected chi connectivity index (χ2v) is 4.87. The third-order valence-corrected chi connectivity index (χ3v) is 3.06. The fourth-order valence-electron chi connectivity index (χ4n) is 1.98. The van der Waals surface area contributed by atoms with Crippen LogP contribution in [0.2, 0.25) is 0 Å². The molecule has 0 N–H and O–H groups in total. The Hall–Kier alpha value is -0.570. The molecule has 0 aliphatic carbocycles. The van der Waals surface area contributed by atoms with Crippen molar-refractivity contribution in [1.82, 2.24) is 9.80 Å². The molecule has 1 heterocycles. The molecule has 0 aromatic rings. The Morgan fingerprint density at radius 2 is 1.80 bits per heavy atom. The highest BCUT2D eigenvalue weighted by Crippen LogP contribution is 2.08. The van der Waals surface area contributed by atoms with Crippen molar-refractivity contribution in [3.8, 4) is 0 Å². The molecule has 0 bridgehead atoms. The Bertz CT molecular complexity index is 174. The standard InChI is InChI=1S/C12H24N2O/c1-12(2)5-3-4-6-13-7-9-14(11-15)10-8-13/h11-12H,3-10H2,1-2H3. The third-order valence-electron chi connectivity index (χ3n) is 3.06. The molecule has 15 heavy (non-hydrogen) atoms. The number of amides is 1. The first-order valence-electron chi connectivity index (χ1n) is 6.14. The van der Waals surface area contributed by atoms with Crippen LogP contribution in [0.5, 0.6) is 0 Å². The quantitative estimate of drug-likeness (QED) is 0.493. The molecule has 1 amide bonds. The molecule has 1 rings (SSSR count). The predicted octanol–water partition coefficient (Wildman–Crippen LogP) is 1.59. The molecular formula is C12H24N2O. The summed E-state index contributed by atoms with van der Waals surface area (Å²) >= 11 is 0. The second-order valence-electron chi connectivity index (χ2n) is 4.87. The molecular weight excluding hydrogens is 188 g/mol. The second kappa shape index (κ2) is 6.83. The van der Waals surface area contributed by atoms with Crippen LogP contribution >= 0.6 is 0 Å². The van der Waals surface area contributed by atoms with Crippen molar-refractivity contribution in [3.05, 3.63) is 0 Å². The van der Waals surface area contributed by atoms with Gasteiger partial charge >= 0.3 is 0 Å². The van der Waals surface area contributed by atoms with Crippen LogP contribution in [0.1, 0.15) is 33.1 Å². The lowest BCUT2D eigenvalue weighted by molar-refractivity contribution is -0.119. The van der Waals surface area contributed by atoms with Crippen molar-refractivity contribution in [2.75, 3.05) is 32.7 Å². The molecule has 0 aromatic heterocycles. The first-order chi connectivity index (χ1) is 7.22. The summed E-state index contributed by atoms with van der Waals surface area (Å²) in [6.45, 7) is 9.70. The summed E-state index contributed by atoms with van der Waals surface area (Å²) in [5, 5.41) is 0. The fraction of sp³-hybridized carbons (Fsp3) is 0.917. The van der Waals surface area contributed by atoms with Gasteiger partial charge in [-0.25, -0.2) is 0 Å². The summed E-state index contributed by atoms with van der Waals surface area (Å²) in [4.78, 5) is 14.8. The highest BCUT2D eigenvalue weighted by molar-refractivity contribution is 5.47. The number of piperazine rings is 1. The summed E-state index contributed by atoms with van der Waals surface area (Å²) < 4.78 is 0. The Morgan fingerprint density at radius 1 is 1.13 bits per heavy atom. The minimum Gasteiger partial charge on any atom is -0.343 e. The highest BCUT2D eigenvalue weighted by Gasteiger charge is 2.14. The Balaban J connectivity index is 2.01. The van der Waals surface area contributed by atoms with E-state index in [1.807, 2.05) is 4.90 Å². The molecule has 0 atom stereocenters. The van der Waals surface area contributed by atoms with E-state index in [2.05, 4.69) is 18.7 Å². The van der Waals surface area contributed by atoms with Crippen LogP contribution in [-0.4, -0.2) is 48.9 Å². The molecule has 0 saturated carbocycles. The zero-order valence-electron chi connectivity index (χ0n) is 10.1. The van der Waals surface area contributed by atoms with Crippen LogP contribution in [0, 0.1) is 5.92 Å². The van der Waals surface area contributed by atoms with Crippen molar-refractivity contribution in [3.63, 3.8) is 0 Å². The topological polar surface area (TPSA) is 23.6 Å². The van der Waals surface area contributed by atoms with Gasteiger partial charge in [0.2, 0.25) is 6.41 Å². The maximum atomic E-state index is 10.5. The van der Waals surface area contributed by atoms with Gasteiger partial charge in [0.25, 0.3) is 0 Å². The van der Waals surface area contributed by atoms with Crippen molar-refractivity contribution in [1.29, 1.82) is 0 Å². The average Bonchev–Trinajstić information content (AvgIpc) is 2.25. The minimum absolute atomic E-state index is 0.830. The third kappa shape index (κ3) is 5.17. The maximum Gasteiger partial charge on any atom is 0.209 e. The Kier molecular flexibility index (Phi) is 5.69. The lowest BCUT2D eigenvalue weighted by Crippen LogP contribution is -2.45. The maximum absolute atomic E-state index is 10.5. The van der Waals surface area contributed by atoms with Crippen molar-refractivity contribution >= 4 is 6.41 Å². The van der Waals surface area contributed by atoms with Crippen molar-refractivity contribution < 1.29 is 4.79 Å². The van der Waals surface area contributed by atoms with E-state index in [1.54, 1.807) is 0 Å². The van der Waals surface area contributed by atoms with Gasteiger partial charge in [-0.2, -0.15) is 0 Å². The monoisotopic (exact) mass is 212 g/mol. The summed E-state index contributed by atoms with van der Waals surface area (Å²) in [6, 6.07) is 0. The van der Waals surface area contributed by atoms with Gasteiger partial charge in [-0.1, -0.05) is 26.7 Å². The van der Waals surface area contributed by atoms with Gasteiger partial charge in [0.1, 0.15) is 0 Å². The zero-order chi connectivity index (χ0) is 11.1. The minimum atomic E-state index is 0.830. The Labute approximate surface area is 93.4 Å². The zero-order valence-corrected chi connectivity index (χ0v) is 10.1. The lowest BCUT2D eigenvalue weighted by Gasteiger charge is -2.32. The van der Waals surface area contributed by atoms with Crippen LogP contribution in [0.3, 0.4) is 0 Å². The number of hydrogen-bond donors (Lipinski definition) is 0. The molecule has 0 spiro atoms. The van der Waals surface area contributed by atoms with Gasteiger partial charge < -0.3 is 4.90 Å². The van der Waals surface area contributed by atoms with E-state index in [0.717, 1.165) is 38.5 Å². The van der Waals surface area contributed by atoms with Crippen LogP contribution in [0.15, 0.2) is 0 Å². The van der Waals surface area contributed by atoms with Gasteiger partial charge in [-0.3, -0.25) is 9.69 Å². The fourth-order valence-corrected chi connectivity index (χ4v) is 1.98. The summed E-state index contributed by atoms with van der Waals surface area (Å²) in [6.07, 6.45) is 4.95. The van der Waals surface area contributed by atoms with E-state index in [9.17, 15) is 4.79 Å². The number of carbonyl (C=O) groups is 1. The molecule has 3 heteroatoms. The van der Waals surface area contributed by atoms with Gasteiger partial charge in [-0.15, -0.1) is 0 Å². The number of nitrogens with zero attached hydrogens (tertiary/aromatic N) is 2. The lowest BCUT2D eigenvalue weighted by atomic mass is 10.1. The van der Waals surface area contributed by atoms with E-state index in [-0.39, 0.29) is 0 Å². The van der Waals surface area contributed by atoms with Gasteiger partial charge in [0.15, 0.2) is 0 Å². The Morgan fingerprint density at radius 3 is 2.33 bits per heavy atom. The number of carbonyl (C=O) groups excluding carboxylic acids is 1. The van der Waals surface area contributed by atoms with E-state index < -0.39 is 0 Å². The van der Waals surface area contributed by atoms with Crippen LogP contribution in [-0.2, 0) is 4.79 Å². The van der Waals surface area contributed by atoms with Crippen molar-refractivity contribution in [2.24, 2.45) is 5.92 Å². The van der Waals surface area contributed by atoms with E-state index >= 15 is 0 Å². The summed E-state index contributed by atoms with van der Waals surface area (Å²) in [5.41, 5.74) is 0. The molecule has 0 unspecified atom stereocenters. The smallest absolute Gasteiger partial charge is 0.209 e. The SMILES string of the molecule is CC(C)CCCCN1CCN(C=O)CC1. The van der Waals surface area contributed by atoms with Gasteiger partial charge in [0, 0.05) is 26.2 Å². The van der Waals surface area contributed by atoms with Gasteiger partial charge in [-0.05, 0) is 18.9 Å². The molecule has 1 saturated heterocycles. The molecule has 0 aromatic carbocycles. The van der Waals surface area contributed by atoms with Crippen LogP contribution in [0.25, 0.3) is 0 Å². The molecule has 88 valence electrons. The number of hydrogen-bond acceptors (Lipinski definition) is 2. The molecule has 1 fully saturated rings. The van der Waals surface area contributed by atoms with E-state index in [1.165, 1.54) is 25.8 Å². The largest absolute Gasteiger partial charge is 0.343 e. The molecule has 0 radical (unpaired) electrons. The molecule has 1 aliphatic heterocycles. The number of rotatable bonds is 6. The molecule has 1 aliphatic rings. The van der Waals surface area contributed by atoms with Crippen molar-refractivity contribution in [2.45, 2.75) is 33.1 Å².